The second-order valence-corrected chi connectivity index (χ2v) is 6.35. The zero-order valence-corrected chi connectivity index (χ0v) is 15.0. The van der Waals surface area contributed by atoms with Gasteiger partial charge < -0.3 is 19.9 Å². The van der Waals surface area contributed by atoms with Gasteiger partial charge in [0.15, 0.2) is 0 Å². The van der Waals surface area contributed by atoms with Gasteiger partial charge in [0.05, 0.1) is 19.3 Å². The third-order valence-corrected chi connectivity index (χ3v) is 4.30. The second-order valence-electron chi connectivity index (χ2n) is 6.35. The molecule has 2 N–H and O–H groups in total. The number of hydrogen-bond donors (Lipinski definition) is 2. The van der Waals surface area contributed by atoms with Crippen LogP contribution in [0.1, 0.15) is 31.4 Å². The summed E-state index contributed by atoms with van der Waals surface area (Å²) in [5.74, 6) is -0.190. The molecule has 6 nitrogen and oxygen atoms in total. The van der Waals surface area contributed by atoms with E-state index in [4.69, 9.17) is 9.47 Å². The van der Waals surface area contributed by atoms with E-state index in [-0.39, 0.29) is 18.6 Å². The highest BCUT2D eigenvalue weighted by Gasteiger charge is 2.26. The Bertz CT molecular complexity index is 491. The zero-order chi connectivity index (χ0) is 17.9. The maximum absolute atomic E-state index is 12.2. The van der Waals surface area contributed by atoms with Gasteiger partial charge in [-0.3, -0.25) is 9.69 Å². The predicted octanol–water partition coefficient (Wildman–Crippen LogP) is 1.35. The highest BCUT2D eigenvalue weighted by Crippen LogP contribution is 2.18. The summed E-state index contributed by atoms with van der Waals surface area (Å²) in [5.41, 5.74) is 0.799. The van der Waals surface area contributed by atoms with Crippen LogP contribution in [0, 0.1) is 0 Å². The molecule has 0 bridgehead atoms. The Morgan fingerprint density at radius 1 is 1.32 bits per heavy atom. The number of benzene rings is 1. The van der Waals surface area contributed by atoms with Crippen molar-refractivity contribution in [1.82, 2.24) is 10.2 Å². The second kappa shape index (κ2) is 11.2. The lowest BCUT2D eigenvalue weighted by Crippen LogP contribution is -2.50. The van der Waals surface area contributed by atoms with Crippen molar-refractivity contribution in [3.8, 4) is 0 Å². The van der Waals surface area contributed by atoms with Gasteiger partial charge in [-0.05, 0) is 12.0 Å². The van der Waals surface area contributed by atoms with E-state index >= 15 is 0 Å². The SMILES string of the molecule is CCCCOCC(=O)N[C@@H](CN1CCOCC1)[C@@H](O)c1ccccc1. The molecule has 1 aromatic carbocycles. The molecule has 1 aliphatic heterocycles. The van der Waals surface area contributed by atoms with Gasteiger partial charge in [0.2, 0.25) is 5.91 Å². The van der Waals surface area contributed by atoms with Gasteiger partial charge in [-0.2, -0.15) is 0 Å². The van der Waals surface area contributed by atoms with Crippen LogP contribution in [-0.4, -0.2) is 68.0 Å². The molecular formula is C19H30N2O4. The quantitative estimate of drug-likeness (QED) is 0.624. The summed E-state index contributed by atoms with van der Waals surface area (Å²) in [6, 6.07) is 9.05. The molecular weight excluding hydrogens is 320 g/mol. The lowest BCUT2D eigenvalue weighted by atomic mass is 10.0. The number of morpholine rings is 1. The number of hydrogen-bond acceptors (Lipinski definition) is 5. The summed E-state index contributed by atoms with van der Waals surface area (Å²) >= 11 is 0. The molecule has 25 heavy (non-hydrogen) atoms. The number of aliphatic hydroxyl groups is 1. The van der Waals surface area contributed by atoms with Crippen LogP contribution in [0.25, 0.3) is 0 Å². The van der Waals surface area contributed by atoms with E-state index < -0.39 is 6.10 Å². The number of unbranched alkanes of at least 4 members (excludes halogenated alkanes) is 1. The Hall–Kier alpha value is -1.47. The van der Waals surface area contributed by atoms with Gasteiger partial charge in [-0.15, -0.1) is 0 Å². The van der Waals surface area contributed by atoms with Crippen LogP contribution in [0.15, 0.2) is 30.3 Å². The van der Waals surface area contributed by atoms with E-state index in [2.05, 4.69) is 17.1 Å². The molecule has 6 heteroatoms. The standard InChI is InChI=1S/C19H30N2O4/c1-2-3-11-25-15-18(22)20-17(14-21-9-12-24-13-10-21)19(23)16-7-5-4-6-8-16/h4-8,17,19,23H,2-3,9-15H2,1H3,(H,20,22)/t17-,19-/m0/s1. The highest BCUT2D eigenvalue weighted by atomic mass is 16.5. The highest BCUT2D eigenvalue weighted by molar-refractivity contribution is 5.77. The number of rotatable bonds is 10. The molecule has 0 unspecified atom stereocenters. The molecule has 0 saturated carbocycles. The lowest BCUT2D eigenvalue weighted by Gasteiger charge is -2.33. The van der Waals surface area contributed by atoms with Gasteiger partial charge in [-0.25, -0.2) is 0 Å². The first-order chi connectivity index (χ1) is 12.2. The van der Waals surface area contributed by atoms with Crippen LogP contribution >= 0.6 is 0 Å². The Morgan fingerprint density at radius 3 is 2.72 bits per heavy atom. The third-order valence-electron chi connectivity index (χ3n) is 4.30. The molecule has 2 rings (SSSR count). The van der Waals surface area contributed by atoms with Gasteiger partial charge in [0.25, 0.3) is 0 Å². The van der Waals surface area contributed by atoms with Crippen molar-refractivity contribution in [2.75, 3.05) is 46.1 Å². The number of nitrogens with one attached hydrogen (secondary N) is 1. The molecule has 1 fully saturated rings. The molecule has 140 valence electrons. The average Bonchev–Trinajstić information content (AvgIpc) is 2.66. The Kier molecular flexibility index (Phi) is 8.90. The van der Waals surface area contributed by atoms with E-state index in [1.54, 1.807) is 0 Å². The van der Waals surface area contributed by atoms with Crippen molar-refractivity contribution in [2.45, 2.75) is 31.9 Å². The first-order valence-electron chi connectivity index (χ1n) is 9.11. The maximum atomic E-state index is 12.2. The maximum Gasteiger partial charge on any atom is 0.246 e. The average molecular weight is 350 g/mol. The molecule has 1 amide bonds. The van der Waals surface area contributed by atoms with Gasteiger partial charge in [-0.1, -0.05) is 43.7 Å². The van der Waals surface area contributed by atoms with E-state index in [1.807, 2.05) is 30.3 Å². The fraction of sp³-hybridized carbons (Fsp3) is 0.632. The molecule has 2 atom stereocenters. The molecule has 1 heterocycles. The summed E-state index contributed by atoms with van der Waals surface area (Å²) < 4.78 is 10.8. The van der Waals surface area contributed by atoms with Crippen LogP contribution in [-0.2, 0) is 14.3 Å². The summed E-state index contributed by atoms with van der Waals surface area (Å²) in [7, 11) is 0. The minimum Gasteiger partial charge on any atom is -0.386 e. The summed E-state index contributed by atoms with van der Waals surface area (Å²) in [5, 5.41) is 13.7. The van der Waals surface area contributed by atoms with Crippen molar-refractivity contribution in [3.63, 3.8) is 0 Å². The normalized spacial score (nSPS) is 17.8. The minimum atomic E-state index is -0.761. The Morgan fingerprint density at radius 2 is 2.04 bits per heavy atom. The van der Waals surface area contributed by atoms with Crippen LogP contribution in [0.4, 0.5) is 0 Å². The van der Waals surface area contributed by atoms with E-state index in [1.165, 1.54) is 0 Å². The zero-order valence-electron chi connectivity index (χ0n) is 15.0. The lowest BCUT2D eigenvalue weighted by molar-refractivity contribution is -0.127. The minimum absolute atomic E-state index is 0.0289. The molecule has 0 spiro atoms. The van der Waals surface area contributed by atoms with Crippen molar-refractivity contribution in [1.29, 1.82) is 0 Å². The molecule has 0 aliphatic carbocycles. The monoisotopic (exact) mass is 350 g/mol. The van der Waals surface area contributed by atoms with Gasteiger partial charge in [0, 0.05) is 26.2 Å². The number of aliphatic hydroxyl groups excluding tert-OH is 1. The van der Waals surface area contributed by atoms with E-state index in [9.17, 15) is 9.90 Å². The van der Waals surface area contributed by atoms with Crippen molar-refractivity contribution < 1.29 is 19.4 Å². The Balaban J connectivity index is 1.94. The number of carbonyl (C=O) groups is 1. The van der Waals surface area contributed by atoms with E-state index in [0.717, 1.165) is 31.5 Å². The third kappa shape index (κ3) is 7.12. The fourth-order valence-corrected chi connectivity index (χ4v) is 2.83. The van der Waals surface area contributed by atoms with Crippen LogP contribution in [0.3, 0.4) is 0 Å². The summed E-state index contributed by atoms with van der Waals surface area (Å²) in [4.78, 5) is 14.4. The van der Waals surface area contributed by atoms with Crippen molar-refractivity contribution in [3.05, 3.63) is 35.9 Å². The fourth-order valence-electron chi connectivity index (χ4n) is 2.83. The van der Waals surface area contributed by atoms with Crippen LogP contribution in [0.2, 0.25) is 0 Å². The molecule has 0 aromatic heterocycles. The van der Waals surface area contributed by atoms with Crippen LogP contribution in [0.5, 0.6) is 0 Å². The molecule has 1 saturated heterocycles. The van der Waals surface area contributed by atoms with Crippen molar-refractivity contribution in [2.24, 2.45) is 0 Å². The number of nitrogens with zero attached hydrogens (tertiary/aromatic N) is 1. The first-order valence-corrected chi connectivity index (χ1v) is 9.11. The molecule has 1 aliphatic rings. The number of amides is 1. The molecule has 1 aromatic rings. The van der Waals surface area contributed by atoms with E-state index in [0.29, 0.717) is 26.4 Å². The molecule has 0 radical (unpaired) electrons. The Labute approximate surface area is 150 Å². The van der Waals surface area contributed by atoms with Gasteiger partial charge in [0.1, 0.15) is 12.7 Å². The predicted molar refractivity (Wildman–Crippen MR) is 96.3 cm³/mol. The smallest absolute Gasteiger partial charge is 0.246 e. The first kappa shape index (κ1) is 19.8. The van der Waals surface area contributed by atoms with Gasteiger partial charge >= 0.3 is 0 Å². The summed E-state index contributed by atoms with van der Waals surface area (Å²) in [6.07, 6.45) is 1.22. The summed E-state index contributed by atoms with van der Waals surface area (Å²) in [6.45, 7) is 6.25. The largest absolute Gasteiger partial charge is 0.386 e. The van der Waals surface area contributed by atoms with Crippen LogP contribution < -0.4 is 5.32 Å². The van der Waals surface area contributed by atoms with Crippen molar-refractivity contribution >= 4 is 5.91 Å². The number of carbonyl (C=O) groups excluding carboxylic acids is 1. The number of ether oxygens (including phenoxy) is 2. The topological polar surface area (TPSA) is 71.0 Å².